The molecule has 2 fully saturated rings. The highest BCUT2D eigenvalue weighted by Gasteiger charge is 2.34. The molecule has 2 N–H and O–H groups in total. The molecule has 3 aromatic rings. The first-order chi connectivity index (χ1) is 16.1. The monoisotopic (exact) mass is 460 g/mol. The lowest BCUT2D eigenvalue weighted by atomic mass is 10.1. The van der Waals surface area contributed by atoms with E-state index in [4.69, 9.17) is 0 Å². The summed E-state index contributed by atoms with van der Waals surface area (Å²) in [5, 5.41) is 8.22. The van der Waals surface area contributed by atoms with E-state index in [2.05, 4.69) is 15.6 Å². The maximum absolute atomic E-state index is 12.9. The molecule has 7 nitrogen and oxygen atoms in total. The summed E-state index contributed by atoms with van der Waals surface area (Å²) in [6.07, 6.45) is 3.53. The van der Waals surface area contributed by atoms with Gasteiger partial charge in [-0.1, -0.05) is 30.3 Å². The van der Waals surface area contributed by atoms with Gasteiger partial charge >= 0.3 is 0 Å². The standard InChI is InChI=1S/C25H24N4O3S/c30-22(26-19-12-13-19)17-10-8-16(9-11-17)20-15-33-25(27-20)28-23(31)21-7-4-14-29(21)24(32)18-5-2-1-3-6-18/h1-3,5-6,8-11,15,19,21H,4,7,12-14H2,(H,26,30)(H,27,28,31)/t21-/m0/s1. The molecule has 2 heterocycles. The molecule has 0 spiro atoms. The van der Waals surface area contributed by atoms with Gasteiger partial charge in [-0.2, -0.15) is 0 Å². The van der Waals surface area contributed by atoms with E-state index < -0.39 is 6.04 Å². The van der Waals surface area contributed by atoms with Gasteiger partial charge in [-0.05, 0) is 49.9 Å². The molecule has 0 radical (unpaired) electrons. The highest BCUT2D eigenvalue weighted by Crippen LogP contribution is 2.27. The number of carbonyl (C=O) groups excluding carboxylic acids is 3. The summed E-state index contributed by atoms with van der Waals surface area (Å²) in [6, 6.07) is 16.2. The Hall–Kier alpha value is -3.52. The maximum atomic E-state index is 12.9. The van der Waals surface area contributed by atoms with E-state index in [0.29, 0.717) is 35.3 Å². The lowest BCUT2D eigenvalue weighted by molar-refractivity contribution is -0.119. The normalized spacial score (nSPS) is 17.6. The molecule has 0 bridgehead atoms. The zero-order valence-electron chi connectivity index (χ0n) is 18.0. The van der Waals surface area contributed by atoms with Crippen molar-refractivity contribution in [2.24, 2.45) is 0 Å². The number of likely N-dealkylation sites (tertiary alicyclic amines) is 1. The molecule has 1 aliphatic heterocycles. The fourth-order valence-corrected chi connectivity index (χ4v) is 4.69. The van der Waals surface area contributed by atoms with Crippen LogP contribution in [0.25, 0.3) is 11.3 Å². The second kappa shape index (κ2) is 9.15. The van der Waals surface area contributed by atoms with Crippen molar-refractivity contribution in [2.75, 3.05) is 11.9 Å². The lowest BCUT2D eigenvalue weighted by Gasteiger charge is -2.23. The van der Waals surface area contributed by atoms with Gasteiger partial charge in [-0.25, -0.2) is 4.98 Å². The number of hydrogen-bond donors (Lipinski definition) is 2. The van der Waals surface area contributed by atoms with Crippen LogP contribution in [-0.4, -0.2) is 46.2 Å². The predicted octanol–water partition coefficient (Wildman–Crippen LogP) is 3.95. The first-order valence-corrected chi connectivity index (χ1v) is 12.0. The molecule has 1 atom stereocenters. The number of nitrogens with zero attached hydrogens (tertiary/aromatic N) is 2. The number of aromatic nitrogens is 1. The Labute approximate surface area is 195 Å². The Balaban J connectivity index is 1.23. The van der Waals surface area contributed by atoms with Crippen molar-refractivity contribution in [3.8, 4) is 11.3 Å². The third-order valence-corrected chi connectivity index (χ3v) is 6.68. The van der Waals surface area contributed by atoms with Crippen molar-refractivity contribution in [2.45, 2.75) is 37.8 Å². The number of carbonyl (C=O) groups is 3. The fraction of sp³-hybridized carbons (Fsp3) is 0.280. The van der Waals surface area contributed by atoms with Crippen molar-refractivity contribution in [1.29, 1.82) is 0 Å². The zero-order chi connectivity index (χ0) is 22.8. The SMILES string of the molecule is O=C(NC1CC1)c1ccc(-c2csc(NC(=O)[C@@H]3CCCN3C(=O)c3ccccc3)n2)cc1. The Kier molecular flexibility index (Phi) is 5.92. The third kappa shape index (κ3) is 4.80. The molecule has 168 valence electrons. The second-order valence-electron chi connectivity index (χ2n) is 8.37. The summed E-state index contributed by atoms with van der Waals surface area (Å²) in [5.74, 6) is -0.398. The number of amides is 3. The number of anilines is 1. The summed E-state index contributed by atoms with van der Waals surface area (Å²) in [4.78, 5) is 44.1. The molecule has 0 unspecified atom stereocenters. The van der Waals surface area contributed by atoms with Crippen molar-refractivity contribution < 1.29 is 14.4 Å². The van der Waals surface area contributed by atoms with Gasteiger partial charge in [0.1, 0.15) is 6.04 Å². The zero-order valence-corrected chi connectivity index (χ0v) is 18.8. The van der Waals surface area contributed by atoms with Crippen LogP contribution < -0.4 is 10.6 Å². The minimum absolute atomic E-state index is 0.0542. The van der Waals surface area contributed by atoms with Gasteiger partial charge in [-0.15, -0.1) is 11.3 Å². The van der Waals surface area contributed by atoms with E-state index in [1.54, 1.807) is 29.2 Å². The fourth-order valence-electron chi connectivity index (χ4n) is 3.97. The van der Waals surface area contributed by atoms with E-state index in [1.165, 1.54) is 11.3 Å². The van der Waals surface area contributed by atoms with Gasteiger partial charge in [0, 0.05) is 34.7 Å². The Bertz CT molecular complexity index is 1170. The van der Waals surface area contributed by atoms with Gasteiger partial charge in [0.15, 0.2) is 5.13 Å². The number of thiazole rings is 1. The Morgan fingerprint density at radius 1 is 0.939 bits per heavy atom. The molecular weight excluding hydrogens is 436 g/mol. The number of rotatable bonds is 6. The van der Waals surface area contributed by atoms with E-state index in [0.717, 1.165) is 30.5 Å². The lowest BCUT2D eigenvalue weighted by Crippen LogP contribution is -2.43. The van der Waals surface area contributed by atoms with Crippen molar-refractivity contribution in [3.63, 3.8) is 0 Å². The summed E-state index contributed by atoms with van der Waals surface area (Å²) >= 11 is 1.34. The molecule has 5 rings (SSSR count). The Morgan fingerprint density at radius 3 is 2.42 bits per heavy atom. The molecule has 33 heavy (non-hydrogen) atoms. The molecule has 1 saturated heterocycles. The third-order valence-electron chi connectivity index (χ3n) is 5.93. The Morgan fingerprint density at radius 2 is 1.70 bits per heavy atom. The highest BCUT2D eigenvalue weighted by molar-refractivity contribution is 7.14. The first-order valence-electron chi connectivity index (χ1n) is 11.1. The van der Waals surface area contributed by atoms with Crippen LogP contribution in [0, 0.1) is 0 Å². The quantitative estimate of drug-likeness (QED) is 0.583. The van der Waals surface area contributed by atoms with Crippen LogP contribution in [0.3, 0.4) is 0 Å². The highest BCUT2D eigenvalue weighted by atomic mass is 32.1. The summed E-state index contributed by atoms with van der Waals surface area (Å²) < 4.78 is 0. The van der Waals surface area contributed by atoms with Gasteiger partial charge in [0.05, 0.1) is 5.69 Å². The van der Waals surface area contributed by atoms with Crippen LogP contribution in [0.5, 0.6) is 0 Å². The number of nitrogens with one attached hydrogen (secondary N) is 2. The van der Waals surface area contributed by atoms with Gasteiger partial charge in [-0.3, -0.25) is 14.4 Å². The number of benzene rings is 2. The first kappa shape index (κ1) is 21.3. The van der Waals surface area contributed by atoms with Gasteiger partial charge in [0.2, 0.25) is 5.91 Å². The molecule has 8 heteroatoms. The van der Waals surface area contributed by atoms with Crippen LogP contribution in [0.15, 0.2) is 60.0 Å². The number of hydrogen-bond acceptors (Lipinski definition) is 5. The van der Waals surface area contributed by atoms with Gasteiger partial charge in [0.25, 0.3) is 11.8 Å². The average molecular weight is 461 g/mol. The minimum Gasteiger partial charge on any atom is -0.349 e. The smallest absolute Gasteiger partial charge is 0.254 e. The van der Waals surface area contributed by atoms with E-state index >= 15 is 0 Å². The topological polar surface area (TPSA) is 91.4 Å². The molecule has 1 aliphatic carbocycles. The molecule has 2 aliphatic rings. The van der Waals surface area contributed by atoms with Crippen LogP contribution in [0.2, 0.25) is 0 Å². The summed E-state index contributed by atoms with van der Waals surface area (Å²) in [6.45, 7) is 0.565. The van der Waals surface area contributed by atoms with E-state index in [-0.39, 0.29) is 17.7 Å². The van der Waals surface area contributed by atoms with Crippen LogP contribution in [0.1, 0.15) is 46.4 Å². The average Bonchev–Trinajstić information content (AvgIpc) is 3.32. The van der Waals surface area contributed by atoms with Crippen LogP contribution >= 0.6 is 11.3 Å². The maximum Gasteiger partial charge on any atom is 0.254 e. The van der Waals surface area contributed by atoms with Gasteiger partial charge < -0.3 is 15.5 Å². The summed E-state index contributed by atoms with van der Waals surface area (Å²) in [5.41, 5.74) is 2.81. The molecule has 1 aromatic heterocycles. The van der Waals surface area contributed by atoms with E-state index in [9.17, 15) is 14.4 Å². The van der Waals surface area contributed by atoms with E-state index in [1.807, 2.05) is 35.7 Å². The molecule has 2 aromatic carbocycles. The van der Waals surface area contributed by atoms with Crippen molar-refractivity contribution in [1.82, 2.24) is 15.2 Å². The largest absolute Gasteiger partial charge is 0.349 e. The molecular formula is C25H24N4O3S. The van der Waals surface area contributed by atoms with Crippen LogP contribution in [0.4, 0.5) is 5.13 Å². The minimum atomic E-state index is -0.505. The summed E-state index contributed by atoms with van der Waals surface area (Å²) in [7, 11) is 0. The van der Waals surface area contributed by atoms with Crippen LogP contribution in [-0.2, 0) is 4.79 Å². The molecule has 3 amide bonds. The second-order valence-corrected chi connectivity index (χ2v) is 9.23. The van der Waals surface area contributed by atoms with Crippen molar-refractivity contribution in [3.05, 3.63) is 71.1 Å². The molecule has 1 saturated carbocycles. The predicted molar refractivity (Wildman–Crippen MR) is 127 cm³/mol. The van der Waals surface area contributed by atoms with Crippen molar-refractivity contribution >= 4 is 34.2 Å².